The van der Waals surface area contributed by atoms with Crippen molar-refractivity contribution in [1.29, 1.82) is 5.26 Å². The summed E-state index contributed by atoms with van der Waals surface area (Å²) in [5.41, 5.74) is -3.91. The summed E-state index contributed by atoms with van der Waals surface area (Å²) in [6, 6.07) is 10.1. The van der Waals surface area contributed by atoms with Gasteiger partial charge < -0.3 is 25.5 Å². The molecule has 1 aliphatic heterocycles. The number of hydrogen-bond donors (Lipinski definition) is 5. The van der Waals surface area contributed by atoms with Crippen molar-refractivity contribution in [3.05, 3.63) is 35.9 Å². The molecule has 1 aliphatic carbocycles. The first-order valence-corrected chi connectivity index (χ1v) is 7.65. The second-order valence-corrected chi connectivity index (χ2v) is 6.33. The zero-order valence-corrected chi connectivity index (χ0v) is 13.1. The number of aliphatic hydroxyl groups excluding tert-OH is 4. The van der Waals surface area contributed by atoms with Crippen LogP contribution in [0.3, 0.4) is 0 Å². The van der Waals surface area contributed by atoms with Gasteiger partial charge in [-0.05, 0) is 5.56 Å². The predicted octanol–water partition coefficient (Wildman–Crippen LogP) is -2.20. The van der Waals surface area contributed by atoms with E-state index in [0.717, 1.165) is 0 Å². The molecule has 2 fully saturated rings. The molecule has 9 nitrogen and oxygen atoms in total. The number of nitriles is 1. The number of nitrogens with zero attached hydrogens (tertiary/aromatic N) is 2. The third-order valence-corrected chi connectivity index (χ3v) is 4.95. The first kappa shape index (κ1) is 17.8. The number of amides is 1. The van der Waals surface area contributed by atoms with Gasteiger partial charge in [-0.25, -0.2) is 5.06 Å². The van der Waals surface area contributed by atoms with Crippen molar-refractivity contribution in [2.24, 2.45) is 0 Å². The predicted molar refractivity (Wildman–Crippen MR) is 80.0 cm³/mol. The highest BCUT2D eigenvalue weighted by Gasteiger charge is 2.73. The number of hydrogen-bond acceptors (Lipinski definition) is 8. The zero-order valence-electron chi connectivity index (χ0n) is 13.1. The van der Waals surface area contributed by atoms with E-state index in [-0.39, 0.29) is 6.61 Å². The molecule has 5 N–H and O–H groups in total. The molecule has 1 aromatic rings. The highest BCUT2D eigenvalue weighted by Crippen LogP contribution is 2.47. The van der Waals surface area contributed by atoms with Gasteiger partial charge in [0, 0.05) is 0 Å². The fraction of sp³-hybridized carbons (Fsp3) is 0.500. The minimum atomic E-state index is -2.77. The standard InChI is InChI=1S/C16H18N2O7/c17-8-16(24)13(22)11(20)15(12(21)14(16)23)6-10(19)18(15)25-7-9-4-2-1-3-5-9/h1-5,11-14,20-24H,6-7H2/t11-,12-,13+,14+,15-,16-/m1/s1. The molecule has 1 saturated heterocycles. The molecule has 0 radical (unpaired) electrons. The number of benzene rings is 1. The minimum absolute atomic E-state index is 0.0531. The molecule has 1 spiro atoms. The summed E-state index contributed by atoms with van der Waals surface area (Å²) in [7, 11) is 0. The Morgan fingerprint density at radius 3 is 2.16 bits per heavy atom. The lowest BCUT2D eigenvalue weighted by molar-refractivity contribution is -0.348. The topological polar surface area (TPSA) is 154 Å². The number of carbonyl (C=O) groups is 1. The Morgan fingerprint density at radius 2 is 1.68 bits per heavy atom. The van der Waals surface area contributed by atoms with Crippen LogP contribution in [-0.4, -0.2) is 72.1 Å². The van der Waals surface area contributed by atoms with Gasteiger partial charge in [-0.1, -0.05) is 30.3 Å². The maximum atomic E-state index is 11.9. The molecule has 25 heavy (non-hydrogen) atoms. The van der Waals surface area contributed by atoms with Crippen molar-refractivity contribution >= 4 is 5.91 Å². The van der Waals surface area contributed by atoms with E-state index in [9.17, 15) is 30.3 Å². The fourth-order valence-electron chi connectivity index (χ4n) is 3.39. The summed E-state index contributed by atoms with van der Waals surface area (Å²) >= 11 is 0. The summed E-state index contributed by atoms with van der Waals surface area (Å²) in [4.78, 5) is 17.3. The van der Waals surface area contributed by atoms with Crippen molar-refractivity contribution in [3.8, 4) is 6.07 Å². The molecule has 134 valence electrons. The summed E-state index contributed by atoms with van der Waals surface area (Å²) < 4.78 is 0. The third kappa shape index (κ3) is 2.35. The first-order chi connectivity index (χ1) is 11.8. The monoisotopic (exact) mass is 350 g/mol. The van der Waals surface area contributed by atoms with Gasteiger partial charge in [0.2, 0.25) is 11.5 Å². The Bertz CT molecular complexity index is 688. The van der Waals surface area contributed by atoms with E-state index < -0.39 is 47.9 Å². The summed E-state index contributed by atoms with van der Waals surface area (Å²) in [6.45, 7) is -0.0531. The van der Waals surface area contributed by atoms with Crippen LogP contribution in [0, 0.1) is 11.3 Å². The van der Waals surface area contributed by atoms with Gasteiger partial charge in [0.05, 0.1) is 6.42 Å². The van der Waals surface area contributed by atoms with Gasteiger partial charge >= 0.3 is 0 Å². The van der Waals surface area contributed by atoms with Gasteiger partial charge in [-0.3, -0.25) is 9.63 Å². The second kappa shape index (κ2) is 6.03. The molecule has 3 rings (SSSR count). The largest absolute Gasteiger partial charge is 0.388 e. The number of rotatable bonds is 3. The van der Waals surface area contributed by atoms with Crippen LogP contribution in [0.2, 0.25) is 0 Å². The number of β-lactam (4-membered cyclic amide) rings is 1. The van der Waals surface area contributed by atoms with Crippen LogP contribution in [0.1, 0.15) is 12.0 Å². The van der Waals surface area contributed by atoms with Gasteiger partial charge in [0.25, 0.3) is 0 Å². The zero-order chi connectivity index (χ0) is 18.4. The Kier molecular flexibility index (Phi) is 4.28. The van der Waals surface area contributed by atoms with Gasteiger partial charge in [0.15, 0.2) is 0 Å². The third-order valence-electron chi connectivity index (χ3n) is 4.95. The van der Waals surface area contributed by atoms with Crippen LogP contribution in [0.25, 0.3) is 0 Å². The van der Waals surface area contributed by atoms with Crippen LogP contribution in [0.5, 0.6) is 0 Å². The molecule has 1 heterocycles. The molecule has 4 atom stereocenters. The lowest BCUT2D eigenvalue weighted by Gasteiger charge is -2.60. The molecule has 1 aromatic carbocycles. The lowest BCUT2D eigenvalue weighted by atomic mass is 9.62. The van der Waals surface area contributed by atoms with E-state index in [2.05, 4.69) is 0 Å². The first-order valence-electron chi connectivity index (χ1n) is 7.65. The van der Waals surface area contributed by atoms with E-state index in [0.29, 0.717) is 10.6 Å². The van der Waals surface area contributed by atoms with Crippen LogP contribution in [0.15, 0.2) is 30.3 Å². The molecule has 9 heteroatoms. The normalized spacial score (nSPS) is 40.6. The SMILES string of the molecule is N#C[C@]1(O)[C@@H](O)[C@@H](O)[C@@]2(CC(=O)N2OCc2ccccc2)[C@H](O)[C@@H]1O. The molecule has 0 aromatic heterocycles. The molecule has 1 amide bonds. The van der Waals surface area contributed by atoms with E-state index in [1.165, 1.54) is 6.07 Å². The number of aliphatic hydroxyl groups is 5. The van der Waals surface area contributed by atoms with E-state index in [4.69, 9.17) is 10.1 Å². The van der Waals surface area contributed by atoms with Crippen molar-refractivity contribution in [3.63, 3.8) is 0 Å². The number of hydroxylamine groups is 2. The van der Waals surface area contributed by atoms with Gasteiger partial charge in [-0.15, -0.1) is 0 Å². The highest BCUT2D eigenvalue weighted by atomic mass is 16.7. The lowest BCUT2D eigenvalue weighted by Crippen LogP contribution is -2.85. The van der Waals surface area contributed by atoms with Crippen LogP contribution in [-0.2, 0) is 16.2 Å². The summed E-state index contributed by atoms with van der Waals surface area (Å²) in [6.07, 6.45) is -8.42. The second-order valence-electron chi connectivity index (χ2n) is 6.33. The van der Waals surface area contributed by atoms with E-state index >= 15 is 0 Å². The summed E-state index contributed by atoms with van der Waals surface area (Å²) in [5, 5.41) is 60.7. The minimum Gasteiger partial charge on any atom is -0.388 e. The maximum Gasteiger partial charge on any atom is 0.249 e. The average Bonchev–Trinajstić information content (AvgIpc) is 2.62. The number of carbonyl (C=O) groups excluding carboxylic acids is 1. The fourth-order valence-corrected chi connectivity index (χ4v) is 3.39. The van der Waals surface area contributed by atoms with Gasteiger partial charge in [-0.2, -0.15) is 5.26 Å². The summed E-state index contributed by atoms with van der Waals surface area (Å²) in [5.74, 6) is -0.573. The Hall–Kier alpha value is -2.06. The Balaban J connectivity index is 1.87. The van der Waals surface area contributed by atoms with Crippen molar-refractivity contribution in [2.75, 3.05) is 0 Å². The van der Waals surface area contributed by atoms with E-state index in [1.54, 1.807) is 30.3 Å². The molecule has 0 bridgehead atoms. The smallest absolute Gasteiger partial charge is 0.249 e. The molecule has 1 saturated carbocycles. The van der Waals surface area contributed by atoms with Crippen LogP contribution < -0.4 is 0 Å². The molecular formula is C16H18N2O7. The van der Waals surface area contributed by atoms with E-state index in [1.807, 2.05) is 0 Å². The van der Waals surface area contributed by atoms with Gasteiger partial charge in [0.1, 0.15) is 42.6 Å². The molecule has 0 unspecified atom stereocenters. The maximum absolute atomic E-state index is 11.9. The molecular weight excluding hydrogens is 332 g/mol. The van der Waals surface area contributed by atoms with Crippen molar-refractivity contribution in [2.45, 2.75) is 48.6 Å². The van der Waals surface area contributed by atoms with Crippen LogP contribution in [0.4, 0.5) is 0 Å². The van der Waals surface area contributed by atoms with Crippen molar-refractivity contribution in [1.82, 2.24) is 5.06 Å². The highest BCUT2D eigenvalue weighted by molar-refractivity contribution is 5.85. The van der Waals surface area contributed by atoms with Crippen LogP contribution >= 0.6 is 0 Å². The van der Waals surface area contributed by atoms with Crippen molar-refractivity contribution < 1.29 is 35.2 Å². The Labute approximate surface area is 142 Å². The quantitative estimate of drug-likeness (QED) is 0.304. The average molecular weight is 350 g/mol. The Morgan fingerprint density at radius 1 is 1.12 bits per heavy atom. The molecule has 2 aliphatic rings.